The first kappa shape index (κ1) is 20.0. The van der Waals surface area contributed by atoms with Crippen LogP contribution in [0, 0.1) is 20.8 Å². The van der Waals surface area contributed by atoms with E-state index in [1.54, 1.807) is 13.0 Å². The van der Waals surface area contributed by atoms with Crippen molar-refractivity contribution in [2.75, 3.05) is 14.1 Å². The highest BCUT2D eigenvalue weighted by Gasteiger charge is 2.19. The second-order valence-corrected chi connectivity index (χ2v) is 8.37. The van der Waals surface area contributed by atoms with E-state index in [1.165, 1.54) is 32.6 Å². The van der Waals surface area contributed by atoms with Crippen LogP contribution in [0.3, 0.4) is 0 Å². The lowest BCUT2D eigenvalue weighted by Gasteiger charge is -2.14. The lowest BCUT2D eigenvalue weighted by Crippen LogP contribution is -2.22. The van der Waals surface area contributed by atoms with Gasteiger partial charge in [-0.05, 0) is 44.0 Å². The number of aliphatic hydroxyl groups is 1. The Kier molecular flexibility index (Phi) is 5.80. The van der Waals surface area contributed by atoms with Gasteiger partial charge in [-0.25, -0.2) is 12.7 Å². The van der Waals surface area contributed by atoms with Crippen molar-refractivity contribution in [2.24, 2.45) is 4.99 Å². The van der Waals surface area contributed by atoms with E-state index in [4.69, 9.17) is 0 Å². The summed E-state index contributed by atoms with van der Waals surface area (Å²) in [6.07, 6.45) is 2.89. The van der Waals surface area contributed by atoms with Crippen molar-refractivity contribution in [3.63, 3.8) is 0 Å². The standard InChI is InChI=1S/C18H23N3O4S/c1-11-6-15(26(24,25)21(4)5)7-17(12(11)2)20-9-16-14(10-22)8-19-13(3)18(16)23/h6-9,22-23H,10H2,1-5H3. The Morgan fingerprint density at radius 3 is 2.46 bits per heavy atom. The highest BCUT2D eigenvalue weighted by atomic mass is 32.2. The Balaban J connectivity index is 2.60. The van der Waals surface area contributed by atoms with E-state index in [0.29, 0.717) is 22.5 Å². The normalized spacial score (nSPS) is 12.3. The van der Waals surface area contributed by atoms with Crippen molar-refractivity contribution in [3.05, 3.63) is 46.3 Å². The number of pyridine rings is 1. The lowest BCUT2D eigenvalue weighted by molar-refractivity contribution is 0.280. The largest absolute Gasteiger partial charge is 0.505 e. The molecule has 2 rings (SSSR count). The lowest BCUT2D eigenvalue weighted by atomic mass is 10.1. The number of hydrogen-bond donors (Lipinski definition) is 2. The van der Waals surface area contributed by atoms with Crippen LogP contribution in [0.25, 0.3) is 0 Å². The molecule has 0 unspecified atom stereocenters. The quantitative estimate of drug-likeness (QED) is 0.778. The molecule has 0 aliphatic heterocycles. The molecule has 7 nitrogen and oxygen atoms in total. The molecule has 1 heterocycles. The van der Waals surface area contributed by atoms with E-state index in [0.717, 1.165) is 15.4 Å². The summed E-state index contributed by atoms with van der Waals surface area (Å²) in [6.45, 7) is 5.01. The first-order valence-electron chi connectivity index (χ1n) is 7.95. The van der Waals surface area contributed by atoms with Crippen molar-refractivity contribution in [2.45, 2.75) is 32.3 Å². The third kappa shape index (κ3) is 3.77. The van der Waals surface area contributed by atoms with Crippen LogP contribution in [0.1, 0.15) is 27.9 Å². The highest BCUT2D eigenvalue weighted by Crippen LogP contribution is 2.29. The van der Waals surface area contributed by atoms with Crippen LogP contribution < -0.4 is 0 Å². The number of sulfonamides is 1. The summed E-state index contributed by atoms with van der Waals surface area (Å²) >= 11 is 0. The third-order valence-corrected chi connectivity index (χ3v) is 6.05. The molecule has 1 aromatic carbocycles. The fourth-order valence-corrected chi connectivity index (χ4v) is 3.37. The molecule has 0 atom stereocenters. The molecular formula is C18H23N3O4S. The predicted octanol–water partition coefficient (Wildman–Crippen LogP) is 2.21. The molecule has 0 aliphatic carbocycles. The van der Waals surface area contributed by atoms with E-state index < -0.39 is 10.0 Å². The van der Waals surface area contributed by atoms with Crippen molar-refractivity contribution >= 4 is 21.9 Å². The van der Waals surface area contributed by atoms with Crippen molar-refractivity contribution in [3.8, 4) is 5.75 Å². The summed E-state index contributed by atoms with van der Waals surface area (Å²) in [7, 11) is -0.647. The van der Waals surface area contributed by atoms with Crippen molar-refractivity contribution in [1.29, 1.82) is 0 Å². The number of aryl methyl sites for hydroxylation is 2. The van der Waals surface area contributed by atoms with Gasteiger partial charge >= 0.3 is 0 Å². The predicted molar refractivity (Wildman–Crippen MR) is 101 cm³/mol. The average molecular weight is 377 g/mol. The van der Waals surface area contributed by atoms with Crippen LogP contribution >= 0.6 is 0 Å². The monoisotopic (exact) mass is 377 g/mol. The minimum absolute atomic E-state index is 0.0632. The Morgan fingerprint density at radius 2 is 1.88 bits per heavy atom. The molecule has 2 N–H and O–H groups in total. The maximum absolute atomic E-state index is 12.4. The van der Waals surface area contributed by atoms with Gasteiger partial charge in [0, 0.05) is 37.6 Å². The summed E-state index contributed by atoms with van der Waals surface area (Å²) in [5.74, 6) is -0.0632. The van der Waals surface area contributed by atoms with Gasteiger partial charge in [-0.1, -0.05) is 0 Å². The summed E-state index contributed by atoms with van der Waals surface area (Å²) in [4.78, 5) is 8.53. The number of hydrogen-bond acceptors (Lipinski definition) is 6. The smallest absolute Gasteiger partial charge is 0.242 e. The second-order valence-electron chi connectivity index (χ2n) is 6.22. The Labute approximate surface area is 153 Å². The Morgan fingerprint density at radius 1 is 1.23 bits per heavy atom. The minimum Gasteiger partial charge on any atom is -0.505 e. The molecule has 0 aliphatic rings. The summed E-state index contributed by atoms with van der Waals surface area (Å²) in [6, 6.07) is 3.11. The molecule has 140 valence electrons. The van der Waals surface area contributed by atoms with Crippen molar-refractivity contribution < 1.29 is 18.6 Å². The van der Waals surface area contributed by atoms with Gasteiger partial charge in [-0.3, -0.25) is 9.98 Å². The van der Waals surface area contributed by atoms with E-state index in [2.05, 4.69) is 9.98 Å². The van der Waals surface area contributed by atoms with Crippen molar-refractivity contribution in [1.82, 2.24) is 9.29 Å². The number of aliphatic hydroxyl groups excluding tert-OH is 1. The summed E-state index contributed by atoms with van der Waals surface area (Å²) < 4.78 is 26.0. The van der Waals surface area contributed by atoms with Gasteiger partial charge in [-0.2, -0.15) is 0 Å². The molecule has 26 heavy (non-hydrogen) atoms. The van der Waals surface area contributed by atoms with Crippen LogP contribution in [0.4, 0.5) is 5.69 Å². The van der Waals surface area contributed by atoms with Gasteiger partial charge in [0.2, 0.25) is 10.0 Å². The van der Waals surface area contributed by atoms with E-state index in [1.807, 2.05) is 13.8 Å². The maximum atomic E-state index is 12.4. The van der Waals surface area contributed by atoms with Crippen LogP contribution in [-0.4, -0.2) is 48.2 Å². The van der Waals surface area contributed by atoms with Gasteiger partial charge in [0.1, 0.15) is 5.75 Å². The number of aromatic nitrogens is 1. The summed E-state index contributed by atoms with van der Waals surface area (Å²) in [5, 5.41) is 19.6. The van der Waals surface area contributed by atoms with Gasteiger partial charge in [0.05, 0.1) is 22.9 Å². The topological polar surface area (TPSA) is 103 Å². The zero-order chi connectivity index (χ0) is 19.6. The van der Waals surface area contributed by atoms with E-state index >= 15 is 0 Å². The number of aromatic hydroxyl groups is 1. The maximum Gasteiger partial charge on any atom is 0.242 e. The first-order chi connectivity index (χ1) is 12.1. The molecule has 8 heteroatoms. The zero-order valence-electron chi connectivity index (χ0n) is 15.5. The average Bonchev–Trinajstić information content (AvgIpc) is 2.58. The SMILES string of the molecule is Cc1cc(S(=O)(=O)N(C)C)cc(N=Cc2c(CO)cnc(C)c2O)c1C. The highest BCUT2D eigenvalue weighted by molar-refractivity contribution is 7.89. The fraction of sp³-hybridized carbons (Fsp3) is 0.333. The molecule has 0 amide bonds. The third-order valence-electron chi connectivity index (χ3n) is 4.25. The second kappa shape index (κ2) is 7.53. The Bertz CT molecular complexity index is 967. The van der Waals surface area contributed by atoms with Gasteiger partial charge in [-0.15, -0.1) is 0 Å². The van der Waals surface area contributed by atoms with Crippen LogP contribution in [-0.2, 0) is 16.6 Å². The molecule has 0 fully saturated rings. The molecule has 2 aromatic rings. The first-order valence-corrected chi connectivity index (χ1v) is 9.39. The Hall–Kier alpha value is -2.29. The molecular weight excluding hydrogens is 354 g/mol. The number of nitrogens with zero attached hydrogens (tertiary/aromatic N) is 3. The number of rotatable bonds is 5. The van der Waals surface area contributed by atoms with Gasteiger partial charge in [0.15, 0.2) is 0 Å². The van der Waals surface area contributed by atoms with Crippen LogP contribution in [0.2, 0.25) is 0 Å². The minimum atomic E-state index is -3.59. The van der Waals surface area contributed by atoms with Gasteiger partial charge < -0.3 is 10.2 Å². The van der Waals surface area contributed by atoms with Gasteiger partial charge in [0.25, 0.3) is 0 Å². The fourth-order valence-electron chi connectivity index (χ4n) is 2.36. The van der Waals surface area contributed by atoms with E-state index in [-0.39, 0.29) is 17.3 Å². The number of benzene rings is 1. The molecule has 0 radical (unpaired) electrons. The number of aliphatic imine (C=N–C) groups is 1. The van der Waals surface area contributed by atoms with Crippen LogP contribution in [0.15, 0.2) is 28.2 Å². The molecule has 0 spiro atoms. The molecule has 1 aromatic heterocycles. The van der Waals surface area contributed by atoms with E-state index in [9.17, 15) is 18.6 Å². The van der Waals surface area contributed by atoms with Crippen LogP contribution in [0.5, 0.6) is 5.75 Å². The summed E-state index contributed by atoms with van der Waals surface area (Å²) in [5.41, 5.74) is 3.30. The molecule has 0 saturated heterocycles. The zero-order valence-corrected chi connectivity index (χ0v) is 16.3. The molecule has 0 saturated carbocycles. The molecule has 0 bridgehead atoms.